The van der Waals surface area contributed by atoms with Gasteiger partial charge in [-0.1, -0.05) is 13.5 Å². The van der Waals surface area contributed by atoms with Crippen LogP contribution in [0.15, 0.2) is 12.2 Å². The average Bonchev–Trinajstić information content (AvgIpc) is 2.93. The molecule has 2 bridgehead atoms. The lowest BCUT2D eigenvalue weighted by Gasteiger charge is -2.62. The Bertz CT molecular complexity index is 940. The molecule has 8 atom stereocenters. The van der Waals surface area contributed by atoms with Crippen LogP contribution in [-0.4, -0.2) is 60.5 Å². The van der Waals surface area contributed by atoms with Gasteiger partial charge < -0.3 is 24.1 Å². The summed E-state index contributed by atoms with van der Waals surface area (Å²) in [5, 5.41) is 11.3. The van der Waals surface area contributed by atoms with E-state index in [-0.39, 0.29) is 44.8 Å². The lowest BCUT2D eigenvalue weighted by atomic mass is 9.43. The Morgan fingerprint density at radius 2 is 1.97 bits per heavy atom. The molecule has 33 heavy (non-hydrogen) atoms. The standard InChI is InChI=1S/C24H30O9/c1-12-15-7-16(28)19-23(11-32-21(30)24(19,8-15)20(12)29)6-5-18(33-14(3)27)22(4,17(23)9-25)10-31-13(2)26/h9,15-19,28H,1,5-8,10-11H2,2-4H3/t15-,16-,17-,18+,19+,22+,23+,24+/m1/s1. The third kappa shape index (κ3) is 3.11. The molecule has 9 nitrogen and oxygen atoms in total. The van der Waals surface area contributed by atoms with E-state index in [4.69, 9.17) is 14.2 Å². The fourth-order valence-electron chi connectivity index (χ4n) is 7.30. The Hall–Kier alpha value is -2.55. The van der Waals surface area contributed by atoms with E-state index in [1.54, 1.807) is 6.92 Å². The van der Waals surface area contributed by atoms with Crippen LogP contribution in [-0.2, 0) is 38.2 Å². The number of carbonyl (C=O) groups excluding carboxylic acids is 5. The number of rotatable bonds is 4. The number of carbonyl (C=O) groups is 5. The van der Waals surface area contributed by atoms with E-state index in [2.05, 4.69) is 6.58 Å². The molecule has 0 aromatic carbocycles. The van der Waals surface area contributed by atoms with Crippen LogP contribution in [0.3, 0.4) is 0 Å². The summed E-state index contributed by atoms with van der Waals surface area (Å²) < 4.78 is 16.5. The Kier molecular flexibility index (Phi) is 5.54. The van der Waals surface area contributed by atoms with Gasteiger partial charge in [-0.15, -0.1) is 0 Å². The molecule has 0 aromatic heterocycles. The highest BCUT2D eigenvalue weighted by Crippen LogP contribution is 2.67. The first-order chi connectivity index (χ1) is 15.4. The average molecular weight is 462 g/mol. The fraction of sp³-hybridized carbons (Fsp3) is 0.708. The van der Waals surface area contributed by atoms with Gasteiger partial charge in [0.25, 0.3) is 0 Å². The largest absolute Gasteiger partial charge is 0.465 e. The van der Waals surface area contributed by atoms with Crippen LogP contribution in [0.4, 0.5) is 0 Å². The van der Waals surface area contributed by atoms with Gasteiger partial charge in [0.05, 0.1) is 12.7 Å². The van der Waals surface area contributed by atoms with Gasteiger partial charge >= 0.3 is 17.9 Å². The van der Waals surface area contributed by atoms with E-state index >= 15 is 0 Å². The lowest BCUT2D eigenvalue weighted by molar-refractivity contribution is -0.243. The third-order valence-corrected chi connectivity index (χ3v) is 8.62. The quantitative estimate of drug-likeness (QED) is 0.215. The summed E-state index contributed by atoms with van der Waals surface area (Å²) in [4.78, 5) is 62.7. The van der Waals surface area contributed by atoms with Crippen molar-refractivity contribution in [2.45, 2.75) is 58.7 Å². The molecule has 0 aromatic rings. The maximum absolute atomic E-state index is 13.4. The normalized spacial score (nSPS) is 44.1. The van der Waals surface area contributed by atoms with E-state index < -0.39 is 64.0 Å². The Labute approximate surface area is 191 Å². The Balaban J connectivity index is 1.85. The first kappa shape index (κ1) is 23.6. The molecular weight excluding hydrogens is 432 g/mol. The second-order valence-electron chi connectivity index (χ2n) is 10.4. The maximum atomic E-state index is 13.4. The predicted octanol–water partition coefficient (Wildman–Crippen LogP) is 1.15. The summed E-state index contributed by atoms with van der Waals surface area (Å²) in [5.74, 6) is -4.30. The van der Waals surface area contributed by atoms with Crippen molar-refractivity contribution in [3.8, 4) is 0 Å². The molecule has 0 unspecified atom stereocenters. The minimum atomic E-state index is -1.59. The summed E-state index contributed by atoms with van der Waals surface area (Å²) in [6, 6.07) is 0. The highest BCUT2D eigenvalue weighted by atomic mass is 16.6. The van der Waals surface area contributed by atoms with E-state index in [0.717, 1.165) is 0 Å². The molecule has 2 spiro atoms. The molecule has 180 valence electrons. The van der Waals surface area contributed by atoms with E-state index in [0.29, 0.717) is 11.9 Å². The van der Waals surface area contributed by atoms with Crippen molar-refractivity contribution in [2.75, 3.05) is 13.2 Å². The van der Waals surface area contributed by atoms with Crippen LogP contribution in [0, 0.1) is 34.0 Å². The number of hydrogen-bond acceptors (Lipinski definition) is 9. The van der Waals surface area contributed by atoms with Crippen LogP contribution in [0.25, 0.3) is 0 Å². The van der Waals surface area contributed by atoms with Crippen LogP contribution in [0.1, 0.15) is 46.5 Å². The molecular formula is C24H30O9. The minimum Gasteiger partial charge on any atom is -0.465 e. The zero-order chi connectivity index (χ0) is 24.3. The highest BCUT2D eigenvalue weighted by molar-refractivity contribution is 6.15. The van der Waals surface area contributed by atoms with E-state index in [1.807, 2.05) is 0 Å². The molecule has 4 rings (SSSR count). The number of hydrogen-bond donors (Lipinski definition) is 1. The minimum absolute atomic E-state index is 0.161. The SMILES string of the molecule is C=C1C(=O)[C@]23C[C@H]1C[C@@H](O)[C@H]2[C@@]1(CC[C@H](OC(C)=O)[C@@](C)(COC(C)=O)[C@H]1C=O)COC3=O. The van der Waals surface area contributed by atoms with Gasteiger partial charge in [0.2, 0.25) is 0 Å². The van der Waals surface area contributed by atoms with Crippen molar-refractivity contribution in [2.24, 2.45) is 34.0 Å². The molecule has 9 heteroatoms. The summed E-state index contributed by atoms with van der Waals surface area (Å²) >= 11 is 0. The van der Waals surface area contributed by atoms with Gasteiger partial charge in [0.1, 0.15) is 24.4 Å². The molecule has 1 N–H and O–H groups in total. The van der Waals surface area contributed by atoms with Crippen molar-refractivity contribution in [3.05, 3.63) is 12.2 Å². The molecule has 4 fully saturated rings. The van der Waals surface area contributed by atoms with Gasteiger partial charge in [0.15, 0.2) is 5.78 Å². The number of allylic oxidation sites excluding steroid dienone is 1. The molecule has 3 saturated carbocycles. The summed E-state index contributed by atoms with van der Waals surface area (Å²) in [6.45, 7) is 7.70. The van der Waals surface area contributed by atoms with Crippen LogP contribution >= 0.6 is 0 Å². The zero-order valence-electron chi connectivity index (χ0n) is 19.1. The number of ether oxygens (including phenoxy) is 3. The topological polar surface area (TPSA) is 133 Å². The molecule has 3 aliphatic carbocycles. The van der Waals surface area contributed by atoms with E-state index in [1.165, 1.54) is 13.8 Å². The number of aldehydes is 1. The third-order valence-electron chi connectivity index (χ3n) is 8.62. The van der Waals surface area contributed by atoms with Gasteiger partial charge in [-0.2, -0.15) is 0 Å². The first-order valence-corrected chi connectivity index (χ1v) is 11.3. The number of ketones is 1. The molecule has 1 heterocycles. The molecule has 0 amide bonds. The molecule has 1 aliphatic heterocycles. The maximum Gasteiger partial charge on any atom is 0.320 e. The molecule has 4 aliphatic rings. The van der Waals surface area contributed by atoms with Gasteiger partial charge in [-0.3, -0.25) is 19.2 Å². The fourth-order valence-corrected chi connectivity index (χ4v) is 7.30. The summed E-state index contributed by atoms with van der Waals surface area (Å²) in [5.41, 5.74) is -3.52. The highest BCUT2D eigenvalue weighted by Gasteiger charge is 2.75. The number of fused-ring (bicyclic) bond motifs is 2. The van der Waals surface area contributed by atoms with Crippen molar-refractivity contribution in [3.63, 3.8) is 0 Å². The van der Waals surface area contributed by atoms with Crippen LogP contribution in [0.5, 0.6) is 0 Å². The van der Waals surface area contributed by atoms with Gasteiger partial charge in [0, 0.05) is 36.5 Å². The zero-order valence-corrected chi connectivity index (χ0v) is 19.1. The monoisotopic (exact) mass is 462 g/mol. The second-order valence-corrected chi connectivity index (χ2v) is 10.4. The Morgan fingerprint density at radius 3 is 2.58 bits per heavy atom. The number of aliphatic hydroxyl groups is 1. The summed E-state index contributed by atoms with van der Waals surface area (Å²) in [7, 11) is 0. The number of esters is 3. The number of aliphatic hydroxyl groups excluding tert-OH is 1. The van der Waals surface area contributed by atoms with E-state index in [9.17, 15) is 29.1 Å². The summed E-state index contributed by atoms with van der Waals surface area (Å²) in [6.07, 6.45) is -0.0171. The molecule has 1 saturated heterocycles. The van der Waals surface area contributed by atoms with Gasteiger partial charge in [-0.25, -0.2) is 0 Å². The van der Waals surface area contributed by atoms with Crippen molar-refractivity contribution in [1.82, 2.24) is 0 Å². The van der Waals surface area contributed by atoms with Crippen LogP contribution in [0.2, 0.25) is 0 Å². The van der Waals surface area contributed by atoms with Crippen molar-refractivity contribution < 1.29 is 43.3 Å². The number of cyclic esters (lactones) is 1. The molecule has 0 radical (unpaired) electrons. The second kappa shape index (κ2) is 7.75. The van der Waals surface area contributed by atoms with Crippen molar-refractivity contribution >= 4 is 30.0 Å². The number of Topliss-reactive ketones (excluding diaryl/α,β-unsaturated/α-hetero) is 1. The lowest BCUT2D eigenvalue weighted by Crippen LogP contribution is -2.69. The van der Waals surface area contributed by atoms with Gasteiger partial charge in [-0.05, 0) is 37.2 Å². The Morgan fingerprint density at radius 1 is 1.27 bits per heavy atom. The smallest absolute Gasteiger partial charge is 0.320 e. The van der Waals surface area contributed by atoms with Crippen LogP contribution < -0.4 is 0 Å². The van der Waals surface area contributed by atoms with Crippen molar-refractivity contribution in [1.29, 1.82) is 0 Å². The first-order valence-electron chi connectivity index (χ1n) is 11.3. The predicted molar refractivity (Wildman–Crippen MR) is 111 cm³/mol.